The lowest BCUT2D eigenvalue weighted by Crippen LogP contribution is -2.37. The van der Waals surface area contributed by atoms with E-state index in [4.69, 9.17) is 9.42 Å². The van der Waals surface area contributed by atoms with Gasteiger partial charge >= 0.3 is 7.82 Å². The van der Waals surface area contributed by atoms with Crippen LogP contribution in [0, 0.1) is 0 Å². The molecule has 1 unspecified atom stereocenters. The van der Waals surface area contributed by atoms with Gasteiger partial charge in [0.05, 0.1) is 27.7 Å². The zero-order valence-electron chi connectivity index (χ0n) is 8.84. The molecule has 0 heterocycles. The molecule has 0 radical (unpaired) electrons. The molecule has 5 nitrogen and oxygen atoms in total. The molecule has 0 aliphatic carbocycles. The first-order valence-corrected chi connectivity index (χ1v) is 6.43. The summed E-state index contributed by atoms with van der Waals surface area (Å²) >= 11 is 3.85. The monoisotopic (exact) mass is 244 g/mol. The van der Waals surface area contributed by atoms with Crippen LogP contribution in [0.4, 0.5) is 0 Å². The number of nitrogens with zero attached hydrogens (tertiary/aromatic N) is 1. The summed E-state index contributed by atoms with van der Waals surface area (Å²) in [4.78, 5) is 9.11. The SMILES string of the molecule is C[N+](C)(C)CCOP(=O)(O)OCCS. The predicted molar refractivity (Wildman–Crippen MR) is 58.5 cm³/mol. The van der Waals surface area contributed by atoms with Crippen LogP contribution in [0.3, 0.4) is 0 Å². The molecule has 0 aromatic rings. The number of likely N-dealkylation sites (N-methyl/N-ethyl adjacent to an activating group) is 1. The second-order valence-corrected chi connectivity index (χ2v) is 5.77. The molecule has 0 saturated heterocycles. The number of phosphoric ester groups is 1. The largest absolute Gasteiger partial charge is 0.472 e. The highest BCUT2D eigenvalue weighted by molar-refractivity contribution is 7.80. The quantitative estimate of drug-likeness (QED) is 0.394. The Balaban J connectivity index is 3.71. The molecule has 86 valence electrons. The maximum absolute atomic E-state index is 11.1. The number of hydrogen-bond acceptors (Lipinski definition) is 4. The van der Waals surface area contributed by atoms with Gasteiger partial charge in [-0.2, -0.15) is 12.6 Å². The summed E-state index contributed by atoms with van der Waals surface area (Å²) < 4.78 is 21.1. The molecule has 0 bridgehead atoms. The van der Waals surface area contributed by atoms with Gasteiger partial charge in [0.15, 0.2) is 0 Å². The van der Waals surface area contributed by atoms with E-state index in [-0.39, 0.29) is 13.2 Å². The van der Waals surface area contributed by atoms with Gasteiger partial charge in [-0.05, 0) is 0 Å². The third kappa shape index (κ3) is 8.99. The fraction of sp³-hybridized carbons (Fsp3) is 1.00. The normalized spacial score (nSPS) is 16.6. The summed E-state index contributed by atoms with van der Waals surface area (Å²) in [6, 6.07) is 0. The number of hydrogen-bond donors (Lipinski definition) is 2. The Labute approximate surface area is 90.6 Å². The van der Waals surface area contributed by atoms with E-state index in [1.54, 1.807) is 0 Å². The molecule has 1 atom stereocenters. The van der Waals surface area contributed by atoms with Crippen LogP contribution < -0.4 is 0 Å². The van der Waals surface area contributed by atoms with Gasteiger partial charge in [-0.3, -0.25) is 9.05 Å². The molecule has 0 aliphatic rings. The van der Waals surface area contributed by atoms with Crippen molar-refractivity contribution < 1.29 is 23.0 Å². The summed E-state index contributed by atoms with van der Waals surface area (Å²) in [7, 11) is 2.06. The summed E-state index contributed by atoms with van der Waals surface area (Å²) in [5.74, 6) is 0.392. The van der Waals surface area contributed by atoms with Crippen LogP contribution in [0.15, 0.2) is 0 Å². The molecule has 0 saturated carbocycles. The maximum atomic E-state index is 11.1. The van der Waals surface area contributed by atoms with Gasteiger partial charge in [0.1, 0.15) is 13.2 Å². The van der Waals surface area contributed by atoms with E-state index in [0.717, 1.165) is 0 Å². The molecule has 7 heteroatoms. The van der Waals surface area contributed by atoms with Crippen molar-refractivity contribution in [3.8, 4) is 0 Å². The maximum Gasteiger partial charge on any atom is 0.472 e. The molecule has 0 spiro atoms. The summed E-state index contributed by atoms with van der Waals surface area (Å²) in [5, 5.41) is 0. The fourth-order valence-corrected chi connectivity index (χ4v) is 1.57. The van der Waals surface area contributed by atoms with E-state index in [9.17, 15) is 4.57 Å². The Morgan fingerprint density at radius 2 is 1.79 bits per heavy atom. The van der Waals surface area contributed by atoms with Gasteiger partial charge in [-0.25, -0.2) is 4.57 Å². The lowest BCUT2D eigenvalue weighted by molar-refractivity contribution is -0.870. The number of rotatable bonds is 7. The van der Waals surface area contributed by atoms with Crippen molar-refractivity contribution in [1.82, 2.24) is 0 Å². The zero-order chi connectivity index (χ0) is 11.2. The molecular weight excluding hydrogens is 225 g/mol. The van der Waals surface area contributed by atoms with E-state index in [1.165, 1.54) is 0 Å². The average Bonchev–Trinajstić information content (AvgIpc) is 1.98. The van der Waals surface area contributed by atoms with Crippen LogP contribution in [0.2, 0.25) is 0 Å². The molecule has 0 aromatic heterocycles. The lowest BCUT2D eigenvalue weighted by Gasteiger charge is -2.23. The Morgan fingerprint density at radius 3 is 2.21 bits per heavy atom. The lowest BCUT2D eigenvalue weighted by atomic mass is 10.5. The van der Waals surface area contributed by atoms with Crippen molar-refractivity contribution in [2.45, 2.75) is 0 Å². The Bertz CT molecular complexity index is 206. The zero-order valence-corrected chi connectivity index (χ0v) is 10.6. The van der Waals surface area contributed by atoms with E-state index in [1.807, 2.05) is 21.1 Å². The van der Waals surface area contributed by atoms with Gasteiger partial charge in [-0.15, -0.1) is 0 Å². The van der Waals surface area contributed by atoms with E-state index in [2.05, 4.69) is 17.2 Å². The standard InChI is InChI=1S/C7H18NO4PS/c1-8(2,3)4-5-11-13(9,10)12-6-7-14/h4-7H2,1-3H3,(H-,9,10,14)/p+1. The van der Waals surface area contributed by atoms with Crippen LogP contribution >= 0.6 is 20.5 Å². The van der Waals surface area contributed by atoms with Crippen LogP contribution in [-0.2, 0) is 13.6 Å². The fourth-order valence-electron chi connectivity index (χ4n) is 0.623. The van der Waals surface area contributed by atoms with Crippen molar-refractivity contribution in [2.24, 2.45) is 0 Å². The Hall–Kier alpha value is 0.420. The number of quaternary nitrogens is 1. The Morgan fingerprint density at radius 1 is 1.29 bits per heavy atom. The minimum absolute atomic E-state index is 0.112. The molecule has 0 rings (SSSR count). The minimum atomic E-state index is -3.85. The average molecular weight is 244 g/mol. The first kappa shape index (κ1) is 14.4. The predicted octanol–water partition coefficient (Wildman–Crippen LogP) is 0.756. The third-order valence-corrected chi connectivity index (χ3v) is 2.56. The second-order valence-electron chi connectivity index (χ2n) is 3.87. The van der Waals surface area contributed by atoms with Crippen LogP contribution in [0.25, 0.3) is 0 Å². The molecule has 0 aliphatic heterocycles. The first-order chi connectivity index (χ1) is 6.27. The van der Waals surface area contributed by atoms with Crippen LogP contribution in [0.1, 0.15) is 0 Å². The van der Waals surface area contributed by atoms with Crippen molar-refractivity contribution in [1.29, 1.82) is 0 Å². The topological polar surface area (TPSA) is 55.8 Å². The van der Waals surface area contributed by atoms with E-state index < -0.39 is 7.82 Å². The summed E-state index contributed by atoms with van der Waals surface area (Å²) in [6.45, 7) is 0.958. The molecule has 0 aromatic carbocycles. The van der Waals surface area contributed by atoms with E-state index in [0.29, 0.717) is 16.8 Å². The second kappa shape index (κ2) is 6.10. The minimum Gasteiger partial charge on any atom is -0.329 e. The summed E-state index contributed by atoms with van der Waals surface area (Å²) in [6.07, 6.45) is 0. The highest BCUT2D eigenvalue weighted by Crippen LogP contribution is 2.42. The highest BCUT2D eigenvalue weighted by atomic mass is 32.1. The van der Waals surface area contributed by atoms with Gasteiger partial charge in [0.2, 0.25) is 0 Å². The van der Waals surface area contributed by atoms with Crippen molar-refractivity contribution in [3.05, 3.63) is 0 Å². The van der Waals surface area contributed by atoms with Crippen molar-refractivity contribution in [3.63, 3.8) is 0 Å². The van der Waals surface area contributed by atoms with Gasteiger partial charge in [0, 0.05) is 5.75 Å². The summed E-state index contributed by atoms with van der Waals surface area (Å²) in [5.41, 5.74) is 0. The first-order valence-electron chi connectivity index (χ1n) is 4.30. The molecule has 1 N–H and O–H groups in total. The molecular formula is C7H19NO4PS+. The van der Waals surface area contributed by atoms with Crippen LogP contribution in [0.5, 0.6) is 0 Å². The van der Waals surface area contributed by atoms with Crippen molar-refractivity contribution >= 4 is 20.5 Å². The smallest absolute Gasteiger partial charge is 0.329 e. The van der Waals surface area contributed by atoms with E-state index >= 15 is 0 Å². The van der Waals surface area contributed by atoms with Gasteiger partial charge < -0.3 is 9.38 Å². The molecule has 14 heavy (non-hydrogen) atoms. The molecule has 0 fully saturated rings. The Kier molecular flexibility index (Phi) is 6.28. The van der Waals surface area contributed by atoms with Gasteiger partial charge in [0.25, 0.3) is 0 Å². The highest BCUT2D eigenvalue weighted by Gasteiger charge is 2.21. The van der Waals surface area contributed by atoms with Gasteiger partial charge in [-0.1, -0.05) is 0 Å². The van der Waals surface area contributed by atoms with Crippen LogP contribution in [-0.4, -0.2) is 56.0 Å². The number of thiol groups is 1. The number of phosphoric acid groups is 1. The molecule has 0 amide bonds. The van der Waals surface area contributed by atoms with Crippen molar-refractivity contribution in [2.75, 3.05) is 46.7 Å². The third-order valence-electron chi connectivity index (χ3n) is 1.36.